The predicted octanol–water partition coefficient (Wildman–Crippen LogP) is 3.00. The third-order valence-electron chi connectivity index (χ3n) is 3.41. The lowest BCUT2D eigenvalue weighted by Gasteiger charge is -2.28. The molecule has 146 valence electrons. The highest BCUT2D eigenvalue weighted by atomic mass is 16.5. The zero-order chi connectivity index (χ0) is 18.6. The molecule has 0 spiro atoms. The molecule has 0 saturated carbocycles. The summed E-state index contributed by atoms with van der Waals surface area (Å²) in [5.41, 5.74) is 0.391. The van der Waals surface area contributed by atoms with E-state index in [2.05, 4.69) is 46.9 Å². The third kappa shape index (κ3) is 16.7. The lowest BCUT2D eigenvalue weighted by Crippen LogP contribution is -2.48. The number of rotatable bonds is 13. The van der Waals surface area contributed by atoms with Gasteiger partial charge in [0.05, 0.1) is 32.5 Å². The normalized spacial score (nSPS) is 15.5. The van der Waals surface area contributed by atoms with Crippen molar-refractivity contribution < 1.29 is 19.3 Å². The Balaban J connectivity index is 4.00. The van der Waals surface area contributed by atoms with Gasteiger partial charge in [0.15, 0.2) is 0 Å². The van der Waals surface area contributed by atoms with Gasteiger partial charge in [-0.25, -0.2) is 0 Å². The molecule has 0 fully saturated rings. The average Bonchev–Trinajstić information content (AvgIpc) is 2.39. The van der Waals surface area contributed by atoms with E-state index in [9.17, 15) is 5.11 Å². The van der Waals surface area contributed by atoms with Crippen LogP contribution in [0.25, 0.3) is 0 Å². The van der Waals surface area contributed by atoms with Crippen LogP contribution in [-0.2, 0) is 14.2 Å². The van der Waals surface area contributed by atoms with E-state index < -0.39 is 6.10 Å². The maximum absolute atomic E-state index is 9.63. The Bertz CT molecular complexity index is 297. The highest BCUT2D eigenvalue weighted by Gasteiger charge is 2.18. The molecule has 0 aliphatic rings. The Kier molecular flexibility index (Phi) is 12.1. The monoisotopic (exact) mass is 347 g/mol. The fourth-order valence-corrected chi connectivity index (χ4v) is 2.42. The lowest BCUT2D eigenvalue weighted by molar-refractivity contribution is -0.0214. The first kappa shape index (κ1) is 23.8. The number of methoxy groups -OCH3 is 1. The fourth-order valence-electron chi connectivity index (χ4n) is 2.42. The minimum Gasteiger partial charge on any atom is -0.388 e. The molecular formula is C19H41NO4. The van der Waals surface area contributed by atoms with E-state index in [-0.39, 0.29) is 18.2 Å². The van der Waals surface area contributed by atoms with Crippen LogP contribution in [0, 0.1) is 5.41 Å². The summed E-state index contributed by atoms with van der Waals surface area (Å²) in [4.78, 5) is 0. The van der Waals surface area contributed by atoms with Gasteiger partial charge in [-0.15, -0.1) is 0 Å². The minimum absolute atomic E-state index is 0.00519. The van der Waals surface area contributed by atoms with E-state index in [1.54, 1.807) is 7.11 Å². The summed E-state index contributed by atoms with van der Waals surface area (Å²) in [6.07, 6.45) is 2.93. The van der Waals surface area contributed by atoms with Crippen LogP contribution in [-0.4, -0.2) is 62.9 Å². The topological polar surface area (TPSA) is 60.0 Å². The molecule has 0 aromatic rings. The summed E-state index contributed by atoms with van der Waals surface area (Å²) < 4.78 is 16.3. The minimum atomic E-state index is -0.580. The standard InChI is InChI=1S/C19H41NO4/c1-18(2,3)10-8-9-11-23-12-16(20-19(4,5)6)13-24-15-17(21)14-22-7/h16-17,20-21H,8-15H2,1-7H3. The maximum Gasteiger partial charge on any atom is 0.101 e. The molecule has 0 saturated heterocycles. The van der Waals surface area contributed by atoms with Crippen LogP contribution in [0.4, 0.5) is 0 Å². The number of nitrogens with one attached hydrogen (secondary N) is 1. The van der Waals surface area contributed by atoms with E-state index in [4.69, 9.17) is 14.2 Å². The highest BCUT2D eigenvalue weighted by molar-refractivity contribution is 4.78. The number of hydrogen-bond acceptors (Lipinski definition) is 5. The van der Waals surface area contributed by atoms with Gasteiger partial charge in [-0.2, -0.15) is 0 Å². The number of unbranched alkanes of at least 4 members (excludes halogenated alkanes) is 1. The molecule has 0 rings (SSSR count). The van der Waals surface area contributed by atoms with Crippen LogP contribution in [0.3, 0.4) is 0 Å². The summed E-state index contributed by atoms with van der Waals surface area (Å²) in [6, 6.07) is 0.113. The summed E-state index contributed by atoms with van der Waals surface area (Å²) in [5, 5.41) is 13.1. The molecule has 0 radical (unpaired) electrons. The van der Waals surface area contributed by atoms with Gasteiger partial charge in [-0.3, -0.25) is 0 Å². The molecular weight excluding hydrogens is 306 g/mol. The highest BCUT2D eigenvalue weighted by Crippen LogP contribution is 2.21. The number of hydrogen-bond donors (Lipinski definition) is 2. The lowest BCUT2D eigenvalue weighted by atomic mass is 9.90. The second-order valence-electron chi connectivity index (χ2n) is 8.83. The molecule has 2 atom stereocenters. The molecule has 5 nitrogen and oxygen atoms in total. The average molecular weight is 348 g/mol. The van der Waals surface area contributed by atoms with E-state index in [0.29, 0.717) is 25.2 Å². The van der Waals surface area contributed by atoms with Crippen molar-refractivity contribution in [1.29, 1.82) is 0 Å². The Morgan fingerprint density at radius 2 is 1.50 bits per heavy atom. The molecule has 24 heavy (non-hydrogen) atoms. The molecule has 0 bridgehead atoms. The second kappa shape index (κ2) is 12.2. The van der Waals surface area contributed by atoms with Crippen molar-refractivity contribution in [2.45, 2.75) is 78.5 Å². The van der Waals surface area contributed by atoms with Crippen LogP contribution in [0.1, 0.15) is 60.8 Å². The van der Waals surface area contributed by atoms with E-state index >= 15 is 0 Å². The summed E-state index contributed by atoms with van der Waals surface area (Å²) in [6.45, 7) is 15.7. The molecule has 0 aliphatic carbocycles. The maximum atomic E-state index is 9.63. The molecule has 0 aromatic heterocycles. The molecule has 0 heterocycles. The molecule has 0 aliphatic heterocycles. The third-order valence-corrected chi connectivity index (χ3v) is 3.41. The van der Waals surface area contributed by atoms with Gasteiger partial charge in [0.2, 0.25) is 0 Å². The van der Waals surface area contributed by atoms with Crippen molar-refractivity contribution in [2.24, 2.45) is 5.41 Å². The van der Waals surface area contributed by atoms with Crippen molar-refractivity contribution >= 4 is 0 Å². The van der Waals surface area contributed by atoms with E-state index in [1.165, 1.54) is 12.8 Å². The summed E-state index contributed by atoms with van der Waals surface area (Å²) in [7, 11) is 1.57. The van der Waals surface area contributed by atoms with Crippen molar-refractivity contribution in [3.05, 3.63) is 0 Å². The zero-order valence-corrected chi connectivity index (χ0v) is 17.0. The van der Waals surface area contributed by atoms with Crippen LogP contribution in [0.15, 0.2) is 0 Å². The summed E-state index contributed by atoms with van der Waals surface area (Å²) in [5.74, 6) is 0. The van der Waals surface area contributed by atoms with Gasteiger partial charge in [0, 0.05) is 19.3 Å². The van der Waals surface area contributed by atoms with Gasteiger partial charge in [0.1, 0.15) is 6.10 Å². The Labute approximate surface area is 149 Å². The molecule has 2 unspecified atom stereocenters. The summed E-state index contributed by atoms with van der Waals surface area (Å²) >= 11 is 0. The smallest absolute Gasteiger partial charge is 0.101 e. The number of aliphatic hydroxyl groups is 1. The van der Waals surface area contributed by atoms with E-state index in [1.807, 2.05) is 0 Å². The van der Waals surface area contributed by atoms with Gasteiger partial charge in [-0.1, -0.05) is 27.2 Å². The van der Waals surface area contributed by atoms with E-state index in [0.717, 1.165) is 13.0 Å². The van der Waals surface area contributed by atoms with Crippen molar-refractivity contribution in [3.8, 4) is 0 Å². The van der Waals surface area contributed by atoms with Crippen molar-refractivity contribution in [2.75, 3.05) is 40.1 Å². The van der Waals surface area contributed by atoms with Gasteiger partial charge in [-0.05, 0) is 39.0 Å². The molecule has 0 aromatic carbocycles. The molecule has 0 amide bonds. The number of aliphatic hydroxyl groups excluding tert-OH is 1. The second-order valence-corrected chi connectivity index (χ2v) is 8.83. The predicted molar refractivity (Wildman–Crippen MR) is 99.5 cm³/mol. The van der Waals surface area contributed by atoms with Crippen LogP contribution in [0.2, 0.25) is 0 Å². The van der Waals surface area contributed by atoms with Crippen molar-refractivity contribution in [1.82, 2.24) is 5.32 Å². The van der Waals surface area contributed by atoms with Gasteiger partial charge in [0.25, 0.3) is 0 Å². The number of ether oxygens (including phenoxy) is 3. The molecule has 5 heteroatoms. The largest absolute Gasteiger partial charge is 0.388 e. The quantitative estimate of drug-likeness (QED) is 0.502. The van der Waals surface area contributed by atoms with Gasteiger partial charge < -0.3 is 24.6 Å². The van der Waals surface area contributed by atoms with Gasteiger partial charge >= 0.3 is 0 Å². The Morgan fingerprint density at radius 1 is 0.875 bits per heavy atom. The van der Waals surface area contributed by atoms with Crippen LogP contribution >= 0.6 is 0 Å². The van der Waals surface area contributed by atoms with Crippen LogP contribution < -0.4 is 5.32 Å². The SMILES string of the molecule is COCC(O)COCC(COCCCCC(C)(C)C)NC(C)(C)C. The van der Waals surface area contributed by atoms with Crippen molar-refractivity contribution in [3.63, 3.8) is 0 Å². The zero-order valence-electron chi connectivity index (χ0n) is 17.0. The first-order valence-electron chi connectivity index (χ1n) is 9.14. The Morgan fingerprint density at radius 3 is 2.04 bits per heavy atom. The first-order chi connectivity index (χ1) is 11.0. The van der Waals surface area contributed by atoms with Crippen LogP contribution in [0.5, 0.6) is 0 Å². The Hall–Kier alpha value is -0.200. The first-order valence-corrected chi connectivity index (χ1v) is 9.14. The fraction of sp³-hybridized carbons (Fsp3) is 1.00. The molecule has 2 N–H and O–H groups in total.